The fraction of sp³-hybridized carbons (Fsp3) is 0.684. The Labute approximate surface area is 140 Å². The van der Waals surface area contributed by atoms with Gasteiger partial charge in [0.2, 0.25) is 0 Å². The predicted molar refractivity (Wildman–Crippen MR) is 94.3 cm³/mol. The molecule has 0 amide bonds. The molecule has 0 aliphatic carbocycles. The molecule has 0 spiro atoms. The van der Waals surface area contributed by atoms with E-state index in [4.69, 9.17) is 10.2 Å². The van der Waals surface area contributed by atoms with Gasteiger partial charge in [0.25, 0.3) is 0 Å². The van der Waals surface area contributed by atoms with E-state index >= 15 is 0 Å². The molecule has 2 fully saturated rings. The summed E-state index contributed by atoms with van der Waals surface area (Å²) in [6.07, 6.45) is 6.91. The lowest BCUT2D eigenvalue weighted by Crippen LogP contribution is -2.29. The number of nitrogens with one attached hydrogen (secondary N) is 1. The standard InChI is InChI=1S/C13H19NO.C6H13NO/c15-10-8-13-7-4-9-14(13)11-12-5-2-1-3-6-12;8-5-3-6-2-1-4-7-6/h1-3,5-6,13,15H,4,7-11H2;6-8H,1-5H2. The largest absolute Gasteiger partial charge is 0.396 e. The predicted octanol–water partition coefficient (Wildman–Crippen LogP) is 2.15. The average molecular weight is 320 g/mol. The summed E-state index contributed by atoms with van der Waals surface area (Å²) in [5, 5.41) is 20.8. The van der Waals surface area contributed by atoms with E-state index in [1.807, 2.05) is 0 Å². The minimum Gasteiger partial charge on any atom is -0.396 e. The molecule has 3 rings (SSSR count). The molecule has 1 aromatic carbocycles. The molecule has 1 aromatic rings. The summed E-state index contributed by atoms with van der Waals surface area (Å²) in [7, 11) is 0. The van der Waals surface area contributed by atoms with E-state index in [0.29, 0.717) is 25.3 Å². The summed E-state index contributed by atoms with van der Waals surface area (Å²) < 4.78 is 0. The molecular weight excluding hydrogens is 288 g/mol. The van der Waals surface area contributed by atoms with Crippen molar-refractivity contribution in [3.05, 3.63) is 35.9 Å². The second kappa shape index (κ2) is 10.8. The Morgan fingerprint density at radius 1 is 1.00 bits per heavy atom. The molecule has 0 saturated carbocycles. The van der Waals surface area contributed by atoms with Gasteiger partial charge in [0, 0.05) is 31.8 Å². The van der Waals surface area contributed by atoms with Gasteiger partial charge in [-0.25, -0.2) is 0 Å². The third-order valence-corrected chi connectivity index (χ3v) is 4.83. The van der Waals surface area contributed by atoms with E-state index in [-0.39, 0.29) is 0 Å². The average Bonchev–Trinajstić information content (AvgIpc) is 3.23. The molecule has 4 nitrogen and oxygen atoms in total. The van der Waals surface area contributed by atoms with Crippen LogP contribution in [0.1, 0.15) is 44.1 Å². The molecule has 2 heterocycles. The summed E-state index contributed by atoms with van der Waals surface area (Å²) in [5.74, 6) is 0. The molecule has 2 aliphatic heterocycles. The zero-order valence-electron chi connectivity index (χ0n) is 14.2. The molecule has 0 radical (unpaired) electrons. The van der Waals surface area contributed by atoms with Crippen LogP contribution in [0.15, 0.2) is 30.3 Å². The Kier molecular flexibility index (Phi) is 8.61. The Bertz CT molecular complexity index is 407. The van der Waals surface area contributed by atoms with Crippen molar-refractivity contribution in [3.63, 3.8) is 0 Å². The monoisotopic (exact) mass is 320 g/mol. The fourth-order valence-corrected chi connectivity index (χ4v) is 3.56. The van der Waals surface area contributed by atoms with Crippen LogP contribution in [0.5, 0.6) is 0 Å². The molecule has 23 heavy (non-hydrogen) atoms. The van der Waals surface area contributed by atoms with Crippen LogP contribution in [0.4, 0.5) is 0 Å². The van der Waals surface area contributed by atoms with Gasteiger partial charge in [0.05, 0.1) is 0 Å². The van der Waals surface area contributed by atoms with E-state index in [0.717, 1.165) is 25.9 Å². The zero-order chi connectivity index (χ0) is 16.3. The highest BCUT2D eigenvalue weighted by atomic mass is 16.3. The number of likely N-dealkylation sites (tertiary alicyclic amines) is 1. The highest BCUT2D eigenvalue weighted by Crippen LogP contribution is 2.21. The van der Waals surface area contributed by atoms with Crippen molar-refractivity contribution >= 4 is 0 Å². The highest BCUT2D eigenvalue weighted by molar-refractivity contribution is 5.14. The summed E-state index contributed by atoms with van der Waals surface area (Å²) in [6, 6.07) is 11.8. The van der Waals surface area contributed by atoms with Crippen molar-refractivity contribution < 1.29 is 10.2 Å². The second-order valence-electron chi connectivity index (χ2n) is 6.57. The van der Waals surface area contributed by atoms with E-state index in [9.17, 15) is 0 Å². The van der Waals surface area contributed by atoms with Crippen LogP contribution >= 0.6 is 0 Å². The van der Waals surface area contributed by atoms with Gasteiger partial charge in [-0.15, -0.1) is 0 Å². The van der Waals surface area contributed by atoms with Crippen molar-refractivity contribution in [2.75, 3.05) is 26.3 Å². The summed E-state index contributed by atoms with van der Waals surface area (Å²) >= 11 is 0. The fourth-order valence-electron chi connectivity index (χ4n) is 3.56. The zero-order valence-corrected chi connectivity index (χ0v) is 14.2. The number of hydrogen-bond donors (Lipinski definition) is 3. The molecule has 4 heteroatoms. The first kappa shape index (κ1) is 18.4. The highest BCUT2D eigenvalue weighted by Gasteiger charge is 2.23. The number of aliphatic hydroxyl groups is 2. The van der Waals surface area contributed by atoms with Crippen molar-refractivity contribution in [2.45, 2.75) is 57.2 Å². The molecule has 0 aromatic heterocycles. The topological polar surface area (TPSA) is 55.7 Å². The number of rotatable bonds is 6. The van der Waals surface area contributed by atoms with Gasteiger partial charge in [-0.3, -0.25) is 4.90 Å². The van der Waals surface area contributed by atoms with E-state index in [1.165, 1.54) is 37.8 Å². The SMILES string of the molecule is OCCC1CCCN1.OCCC1CCCN1Cc1ccccc1. The number of benzene rings is 1. The number of nitrogens with zero attached hydrogens (tertiary/aromatic N) is 1. The van der Waals surface area contributed by atoms with Crippen LogP contribution in [0, 0.1) is 0 Å². The van der Waals surface area contributed by atoms with Crippen LogP contribution in [0.2, 0.25) is 0 Å². The molecule has 3 N–H and O–H groups in total. The maximum Gasteiger partial charge on any atom is 0.0445 e. The van der Waals surface area contributed by atoms with Gasteiger partial charge in [0.1, 0.15) is 0 Å². The van der Waals surface area contributed by atoms with Crippen molar-refractivity contribution in [3.8, 4) is 0 Å². The smallest absolute Gasteiger partial charge is 0.0445 e. The van der Waals surface area contributed by atoms with Gasteiger partial charge in [-0.05, 0) is 57.2 Å². The molecule has 2 aliphatic rings. The maximum atomic E-state index is 8.98. The van der Waals surface area contributed by atoms with E-state index < -0.39 is 0 Å². The Balaban J connectivity index is 0.000000203. The number of aliphatic hydroxyl groups excluding tert-OH is 2. The van der Waals surface area contributed by atoms with Crippen LogP contribution in [0.25, 0.3) is 0 Å². The lowest BCUT2D eigenvalue weighted by atomic mass is 10.1. The molecule has 2 atom stereocenters. The number of hydrogen-bond acceptors (Lipinski definition) is 4. The quantitative estimate of drug-likeness (QED) is 0.752. The van der Waals surface area contributed by atoms with Crippen LogP contribution in [-0.4, -0.2) is 53.5 Å². The normalized spacial score (nSPS) is 24.4. The van der Waals surface area contributed by atoms with Crippen LogP contribution in [-0.2, 0) is 6.54 Å². The van der Waals surface area contributed by atoms with Crippen molar-refractivity contribution in [2.24, 2.45) is 0 Å². The van der Waals surface area contributed by atoms with Crippen LogP contribution < -0.4 is 5.32 Å². The van der Waals surface area contributed by atoms with Gasteiger partial charge in [0.15, 0.2) is 0 Å². The minimum atomic E-state index is 0.315. The third kappa shape index (κ3) is 6.60. The minimum absolute atomic E-state index is 0.315. The van der Waals surface area contributed by atoms with E-state index in [1.54, 1.807) is 0 Å². The molecule has 0 bridgehead atoms. The molecule has 130 valence electrons. The van der Waals surface area contributed by atoms with Gasteiger partial charge < -0.3 is 15.5 Å². The van der Waals surface area contributed by atoms with Gasteiger partial charge in [-0.2, -0.15) is 0 Å². The van der Waals surface area contributed by atoms with Crippen LogP contribution in [0.3, 0.4) is 0 Å². The van der Waals surface area contributed by atoms with Gasteiger partial charge in [-0.1, -0.05) is 30.3 Å². The molecule has 2 saturated heterocycles. The lowest BCUT2D eigenvalue weighted by Gasteiger charge is -2.23. The van der Waals surface area contributed by atoms with Gasteiger partial charge >= 0.3 is 0 Å². The first-order chi connectivity index (χ1) is 11.3. The summed E-state index contributed by atoms with van der Waals surface area (Å²) in [4.78, 5) is 2.49. The molecule has 2 unspecified atom stereocenters. The lowest BCUT2D eigenvalue weighted by molar-refractivity contribution is 0.190. The third-order valence-electron chi connectivity index (χ3n) is 4.83. The maximum absolute atomic E-state index is 8.98. The van der Waals surface area contributed by atoms with Crippen molar-refractivity contribution in [1.82, 2.24) is 10.2 Å². The Hall–Kier alpha value is -0.940. The Morgan fingerprint density at radius 2 is 1.78 bits per heavy atom. The first-order valence-corrected chi connectivity index (χ1v) is 9.06. The summed E-state index contributed by atoms with van der Waals surface area (Å²) in [6.45, 7) is 4.00. The first-order valence-electron chi connectivity index (χ1n) is 9.06. The second-order valence-corrected chi connectivity index (χ2v) is 6.57. The van der Waals surface area contributed by atoms with Crippen molar-refractivity contribution in [1.29, 1.82) is 0 Å². The Morgan fingerprint density at radius 3 is 2.43 bits per heavy atom. The summed E-state index contributed by atoms with van der Waals surface area (Å²) in [5.41, 5.74) is 1.38. The van der Waals surface area contributed by atoms with E-state index in [2.05, 4.69) is 40.5 Å². The molecular formula is C19H32N2O2.